The van der Waals surface area contributed by atoms with Crippen LogP contribution in [0.2, 0.25) is 0 Å². The molecule has 0 saturated heterocycles. The maximum atomic E-state index is 12.5. The smallest absolute Gasteiger partial charge is 0.404 e. The van der Waals surface area contributed by atoms with Gasteiger partial charge in [-0.15, -0.1) is 13.2 Å². The number of Topliss-reactive ketones (excluding diaryl/α,β-unsaturated/α-hetero) is 1. The summed E-state index contributed by atoms with van der Waals surface area (Å²) in [5.41, 5.74) is -0.975. The number of anilines is 1. The van der Waals surface area contributed by atoms with Crippen molar-refractivity contribution >= 4 is 17.4 Å². The van der Waals surface area contributed by atoms with E-state index in [1.165, 1.54) is 24.3 Å². The molecule has 0 aliphatic heterocycles. The Morgan fingerprint density at radius 2 is 1.86 bits per heavy atom. The highest BCUT2D eigenvalue weighted by Gasteiger charge is 2.34. The van der Waals surface area contributed by atoms with Gasteiger partial charge in [-0.25, -0.2) is 0 Å². The molecule has 0 bridgehead atoms. The number of hydrogen-bond donors (Lipinski definition) is 2. The first-order chi connectivity index (χ1) is 13.0. The summed E-state index contributed by atoms with van der Waals surface area (Å²) in [7, 11) is 0. The Bertz CT molecular complexity index is 1010. The van der Waals surface area contributed by atoms with Gasteiger partial charge < -0.3 is 15.0 Å². The number of ketones is 1. The van der Waals surface area contributed by atoms with Gasteiger partial charge in [0.15, 0.2) is 11.5 Å². The van der Waals surface area contributed by atoms with E-state index in [1.54, 1.807) is 0 Å². The Morgan fingerprint density at radius 1 is 1.18 bits per heavy atom. The first kappa shape index (κ1) is 19.7. The number of hydrogen-bond acceptors (Lipinski definition) is 4. The Kier molecular flexibility index (Phi) is 4.78. The number of ether oxygens (including phenoxy) is 1. The third kappa shape index (κ3) is 4.24. The number of benzene rings is 1. The van der Waals surface area contributed by atoms with E-state index in [1.807, 2.05) is 13.8 Å². The van der Waals surface area contributed by atoms with Crippen molar-refractivity contribution in [1.82, 2.24) is 4.98 Å². The number of aromatic amines is 1. The van der Waals surface area contributed by atoms with Crippen molar-refractivity contribution in [2.45, 2.75) is 33.1 Å². The number of carbonyl (C=O) groups excluding carboxylic acids is 2. The second-order valence-electron chi connectivity index (χ2n) is 7.34. The molecular formula is C19H17F3N2O4. The van der Waals surface area contributed by atoms with Gasteiger partial charge in [-0.3, -0.25) is 14.4 Å². The minimum absolute atomic E-state index is 0.211. The molecule has 1 aliphatic rings. The SMILES string of the molecule is CC1(C)CC(=O)c2cc(C(=O)Nc3ccccc3OC(F)(F)F)c(=O)[nH]c2C1. The van der Waals surface area contributed by atoms with Crippen LogP contribution in [0.5, 0.6) is 5.75 Å². The number of nitrogens with one attached hydrogen (secondary N) is 2. The van der Waals surface area contributed by atoms with Crippen molar-refractivity contribution in [3.63, 3.8) is 0 Å². The van der Waals surface area contributed by atoms with Crippen LogP contribution in [-0.4, -0.2) is 23.0 Å². The summed E-state index contributed by atoms with van der Waals surface area (Å²) in [5.74, 6) is -1.77. The van der Waals surface area contributed by atoms with Gasteiger partial charge in [0.1, 0.15) is 5.56 Å². The average molecular weight is 394 g/mol. The van der Waals surface area contributed by atoms with E-state index in [2.05, 4.69) is 15.0 Å². The normalized spacial score (nSPS) is 15.7. The molecule has 9 heteroatoms. The Hall–Kier alpha value is -3.10. The zero-order valence-corrected chi connectivity index (χ0v) is 15.1. The standard InChI is InChI=1S/C19H17F3N2O4/c1-18(2)8-13-10(14(25)9-18)7-11(17(27)24-13)16(26)23-12-5-3-4-6-15(12)28-19(20,21)22/h3-7H,8-9H2,1-2H3,(H,23,26)(H,24,27). The fraction of sp³-hybridized carbons (Fsp3) is 0.316. The monoisotopic (exact) mass is 394 g/mol. The number of H-pyrrole nitrogens is 1. The van der Waals surface area contributed by atoms with E-state index in [0.717, 1.165) is 6.07 Å². The second-order valence-corrected chi connectivity index (χ2v) is 7.34. The molecule has 148 valence electrons. The van der Waals surface area contributed by atoms with E-state index in [9.17, 15) is 27.6 Å². The summed E-state index contributed by atoms with van der Waals surface area (Å²) < 4.78 is 41.4. The first-order valence-electron chi connectivity index (χ1n) is 8.41. The van der Waals surface area contributed by atoms with Crippen molar-refractivity contribution < 1.29 is 27.5 Å². The predicted molar refractivity (Wildman–Crippen MR) is 94.6 cm³/mol. The molecule has 0 saturated carbocycles. The lowest BCUT2D eigenvalue weighted by Gasteiger charge is -2.29. The van der Waals surface area contributed by atoms with Gasteiger partial charge in [0, 0.05) is 17.7 Å². The Morgan fingerprint density at radius 3 is 2.54 bits per heavy atom. The maximum Gasteiger partial charge on any atom is 0.573 e. The van der Waals surface area contributed by atoms with E-state index < -0.39 is 23.6 Å². The molecule has 1 aromatic heterocycles. The summed E-state index contributed by atoms with van der Waals surface area (Å²) in [4.78, 5) is 39.7. The molecule has 3 rings (SSSR count). The lowest BCUT2D eigenvalue weighted by molar-refractivity contribution is -0.274. The van der Waals surface area contributed by atoms with Gasteiger partial charge in [0.05, 0.1) is 5.69 Å². The highest BCUT2D eigenvalue weighted by molar-refractivity contribution is 6.07. The van der Waals surface area contributed by atoms with E-state index >= 15 is 0 Å². The number of amides is 1. The van der Waals surface area contributed by atoms with Crippen LogP contribution in [0, 0.1) is 5.41 Å². The first-order valence-corrected chi connectivity index (χ1v) is 8.41. The van der Waals surface area contributed by atoms with Crippen LogP contribution < -0.4 is 15.6 Å². The van der Waals surface area contributed by atoms with Crippen LogP contribution in [0.25, 0.3) is 0 Å². The van der Waals surface area contributed by atoms with Crippen molar-refractivity contribution in [1.29, 1.82) is 0 Å². The minimum Gasteiger partial charge on any atom is -0.404 e. The number of rotatable bonds is 3. The number of fused-ring (bicyclic) bond motifs is 1. The van der Waals surface area contributed by atoms with E-state index in [4.69, 9.17) is 0 Å². The maximum absolute atomic E-state index is 12.5. The van der Waals surface area contributed by atoms with Crippen LogP contribution in [0.15, 0.2) is 35.1 Å². The molecule has 0 unspecified atom stereocenters. The summed E-state index contributed by atoms with van der Waals surface area (Å²) >= 11 is 0. The molecule has 1 amide bonds. The molecule has 2 aromatic rings. The topological polar surface area (TPSA) is 88.3 Å². The number of para-hydroxylation sites is 2. The van der Waals surface area contributed by atoms with Crippen LogP contribution in [-0.2, 0) is 6.42 Å². The molecule has 0 fully saturated rings. The summed E-state index contributed by atoms with van der Waals surface area (Å²) in [5, 5.41) is 2.23. The van der Waals surface area contributed by atoms with Gasteiger partial charge >= 0.3 is 6.36 Å². The van der Waals surface area contributed by atoms with Crippen molar-refractivity contribution in [2.24, 2.45) is 5.41 Å². The fourth-order valence-electron chi connectivity index (χ4n) is 3.17. The zero-order chi connectivity index (χ0) is 20.7. The number of aromatic nitrogens is 1. The fourth-order valence-corrected chi connectivity index (χ4v) is 3.17. The number of pyridine rings is 1. The average Bonchev–Trinajstić information content (AvgIpc) is 2.53. The third-order valence-electron chi connectivity index (χ3n) is 4.32. The largest absolute Gasteiger partial charge is 0.573 e. The number of halogens is 3. The summed E-state index contributed by atoms with van der Waals surface area (Å²) in [6.07, 6.45) is -4.22. The van der Waals surface area contributed by atoms with Gasteiger partial charge in [-0.05, 0) is 30.0 Å². The van der Waals surface area contributed by atoms with Crippen molar-refractivity contribution in [3.8, 4) is 5.75 Å². The summed E-state index contributed by atoms with van der Waals surface area (Å²) in [6.45, 7) is 3.79. The lowest BCUT2D eigenvalue weighted by Crippen LogP contribution is -2.33. The van der Waals surface area contributed by atoms with Gasteiger partial charge in [-0.1, -0.05) is 26.0 Å². The summed E-state index contributed by atoms with van der Waals surface area (Å²) in [6, 6.07) is 6.14. The van der Waals surface area contributed by atoms with Crippen LogP contribution in [0.4, 0.5) is 18.9 Å². The molecule has 1 aromatic carbocycles. The molecule has 6 nitrogen and oxygen atoms in total. The van der Waals surface area contributed by atoms with Gasteiger partial charge in [0.2, 0.25) is 0 Å². The molecule has 1 heterocycles. The van der Waals surface area contributed by atoms with Crippen LogP contribution in [0.1, 0.15) is 46.7 Å². The van der Waals surface area contributed by atoms with E-state index in [0.29, 0.717) is 12.1 Å². The minimum atomic E-state index is -4.94. The highest BCUT2D eigenvalue weighted by atomic mass is 19.4. The molecular weight excluding hydrogens is 377 g/mol. The quantitative estimate of drug-likeness (QED) is 0.831. The predicted octanol–water partition coefficient (Wildman–Crippen LogP) is 3.68. The number of carbonyl (C=O) groups is 2. The molecule has 2 N–H and O–H groups in total. The van der Waals surface area contributed by atoms with E-state index in [-0.39, 0.29) is 34.4 Å². The second kappa shape index (κ2) is 6.81. The molecule has 0 spiro atoms. The Labute approximate surface area is 157 Å². The highest BCUT2D eigenvalue weighted by Crippen LogP contribution is 2.34. The van der Waals surface area contributed by atoms with Gasteiger partial charge in [0.25, 0.3) is 11.5 Å². The lowest BCUT2D eigenvalue weighted by atomic mass is 9.75. The molecule has 1 aliphatic carbocycles. The Balaban J connectivity index is 1.92. The van der Waals surface area contributed by atoms with Crippen molar-refractivity contribution in [3.05, 3.63) is 57.5 Å². The van der Waals surface area contributed by atoms with Crippen LogP contribution >= 0.6 is 0 Å². The third-order valence-corrected chi connectivity index (χ3v) is 4.32. The van der Waals surface area contributed by atoms with Gasteiger partial charge in [-0.2, -0.15) is 0 Å². The van der Waals surface area contributed by atoms with Crippen LogP contribution in [0.3, 0.4) is 0 Å². The number of alkyl halides is 3. The molecule has 28 heavy (non-hydrogen) atoms. The molecule has 0 radical (unpaired) electrons. The molecule has 0 atom stereocenters. The zero-order valence-electron chi connectivity index (χ0n) is 15.1. The van der Waals surface area contributed by atoms with Crippen molar-refractivity contribution in [2.75, 3.05) is 5.32 Å².